The Balaban J connectivity index is 1.04. The Hall–Kier alpha value is -5.46. The number of nitrogens with one attached hydrogen (secondary N) is 2. The molecule has 0 spiro atoms. The molecule has 1 saturated heterocycles. The van der Waals surface area contributed by atoms with E-state index in [9.17, 15) is 24.6 Å². The number of carboxylic acid groups (broad SMARTS) is 1. The van der Waals surface area contributed by atoms with Crippen molar-refractivity contribution >= 4 is 40.9 Å². The van der Waals surface area contributed by atoms with Crippen LogP contribution in [-0.2, 0) is 32.2 Å². The first-order valence-electron chi connectivity index (χ1n) is 18.3. The van der Waals surface area contributed by atoms with Crippen LogP contribution in [0.4, 0.5) is 11.4 Å². The second kappa shape index (κ2) is 19.2. The van der Waals surface area contributed by atoms with E-state index in [0.717, 1.165) is 33.4 Å². The lowest BCUT2D eigenvalue weighted by Crippen LogP contribution is -2.31. The maximum atomic E-state index is 12.6. The van der Waals surface area contributed by atoms with Crippen molar-refractivity contribution in [3.05, 3.63) is 149 Å². The number of carbonyl (C=O) groups excluding carboxylic acids is 2. The molecule has 1 aliphatic heterocycles. The minimum atomic E-state index is -0.966. The van der Waals surface area contributed by atoms with E-state index in [1.165, 1.54) is 11.8 Å². The third kappa shape index (κ3) is 11.1. The van der Waals surface area contributed by atoms with Gasteiger partial charge in [-0.25, -0.2) is 4.79 Å². The topological polar surface area (TPSA) is 160 Å². The average molecular weight is 760 g/mol. The van der Waals surface area contributed by atoms with Crippen LogP contribution in [0.2, 0.25) is 0 Å². The number of aliphatic hydroxyl groups is 1. The minimum Gasteiger partial charge on any atom is -0.478 e. The molecule has 1 aliphatic rings. The summed E-state index contributed by atoms with van der Waals surface area (Å²) in [5.74, 6) is -0.623. The van der Waals surface area contributed by atoms with Crippen molar-refractivity contribution in [1.82, 2.24) is 5.32 Å². The molecule has 55 heavy (non-hydrogen) atoms. The van der Waals surface area contributed by atoms with Crippen molar-refractivity contribution in [2.75, 3.05) is 16.8 Å². The number of aromatic carboxylic acids is 1. The lowest BCUT2D eigenvalue weighted by molar-refractivity contribution is -0.245. The quantitative estimate of drug-likeness (QED) is 0.0379. The van der Waals surface area contributed by atoms with Gasteiger partial charge in [-0.05, 0) is 71.0 Å². The number of carboxylic acids is 1. The van der Waals surface area contributed by atoms with Crippen molar-refractivity contribution in [3.63, 3.8) is 0 Å². The zero-order valence-electron chi connectivity index (χ0n) is 30.4. The maximum Gasteiger partial charge on any atom is 0.336 e. The number of para-hydroxylation sites is 2. The fourth-order valence-corrected chi connectivity index (χ4v) is 7.42. The molecule has 3 atom stereocenters. The zero-order chi connectivity index (χ0) is 38.6. The second-order valence-corrected chi connectivity index (χ2v) is 14.5. The van der Waals surface area contributed by atoms with Crippen LogP contribution in [0.15, 0.2) is 126 Å². The Morgan fingerprint density at radius 1 is 0.745 bits per heavy atom. The van der Waals surface area contributed by atoms with Crippen LogP contribution in [0.1, 0.15) is 77.1 Å². The molecule has 6 N–H and O–H groups in total. The van der Waals surface area contributed by atoms with E-state index in [2.05, 4.69) is 16.7 Å². The molecule has 1 fully saturated rings. The Kier molecular flexibility index (Phi) is 13.7. The number of anilines is 2. The number of ether oxygens (including phenoxy) is 2. The van der Waals surface area contributed by atoms with Crippen LogP contribution in [0, 0.1) is 0 Å². The number of amides is 2. The normalized spacial score (nSPS) is 16.6. The molecule has 284 valence electrons. The number of benzene rings is 5. The number of hydrogen-bond donors (Lipinski definition) is 5. The molecular formula is C44H45N3O7S. The van der Waals surface area contributed by atoms with Crippen LogP contribution in [0.25, 0.3) is 11.1 Å². The number of carbonyl (C=O) groups is 3. The molecule has 0 radical (unpaired) electrons. The molecule has 6 rings (SSSR count). The van der Waals surface area contributed by atoms with E-state index in [-0.39, 0.29) is 36.2 Å². The van der Waals surface area contributed by atoms with Gasteiger partial charge in [0.2, 0.25) is 11.8 Å². The summed E-state index contributed by atoms with van der Waals surface area (Å²) in [6, 6.07) is 37.8. The number of thioether (sulfide) groups is 1. The second-order valence-electron chi connectivity index (χ2n) is 13.4. The average Bonchev–Trinajstić information content (AvgIpc) is 3.22. The number of hydrogen-bond acceptors (Lipinski definition) is 8. The molecule has 5 aromatic carbocycles. The van der Waals surface area contributed by atoms with Crippen LogP contribution in [-0.4, -0.2) is 39.9 Å². The van der Waals surface area contributed by atoms with Crippen molar-refractivity contribution < 1.29 is 34.1 Å². The first kappa shape index (κ1) is 39.2. The summed E-state index contributed by atoms with van der Waals surface area (Å²) in [5.41, 5.74) is 12.9. The fraction of sp³-hybridized carbons (Fsp3) is 0.250. The summed E-state index contributed by atoms with van der Waals surface area (Å²) in [6.45, 7) is 0.346. The van der Waals surface area contributed by atoms with Gasteiger partial charge in [-0.3, -0.25) is 9.59 Å². The molecule has 0 aliphatic carbocycles. The lowest BCUT2D eigenvalue weighted by atomic mass is 9.99. The van der Waals surface area contributed by atoms with Gasteiger partial charge in [0.25, 0.3) is 0 Å². The SMILES string of the molecule is Nc1ccccc1NC(=O)CCCCC(=O)NCc1cccc(-c2ccc([C@@H]3O[C@H](CSc4ccccc4C(=O)O)C[C@H](c4ccc(CO)cc4)O3)cc2)c1. The highest BCUT2D eigenvalue weighted by Gasteiger charge is 2.32. The highest BCUT2D eigenvalue weighted by molar-refractivity contribution is 7.99. The molecule has 11 heteroatoms. The van der Waals surface area contributed by atoms with E-state index < -0.39 is 12.3 Å². The maximum absolute atomic E-state index is 12.6. The summed E-state index contributed by atoms with van der Waals surface area (Å²) in [5, 5.41) is 25.0. The number of unbranched alkanes of at least 4 members (excludes halogenated alkanes) is 1. The van der Waals surface area contributed by atoms with Gasteiger partial charge >= 0.3 is 5.97 Å². The Labute approximate surface area is 325 Å². The van der Waals surface area contributed by atoms with Crippen LogP contribution in [0.3, 0.4) is 0 Å². The largest absolute Gasteiger partial charge is 0.478 e. The van der Waals surface area contributed by atoms with E-state index in [4.69, 9.17) is 15.2 Å². The fourth-order valence-electron chi connectivity index (χ4n) is 6.35. The van der Waals surface area contributed by atoms with Crippen LogP contribution >= 0.6 is 11.8 Å². The smallest absolute Gasteiger partial charge is 0.336 e. The Morgan fingerprint density at radius 3 is 2.20 bits per heavy atom. The minimum absolute atomic E-state index is 0.0424. The van der Waals surface area contributed by atoms with Gasteiger partial charge in [-0.15, -0.1) is 11.8 Å². The molecule has 0 saturated carbocycles. The predicted molar refractivity (Wildman–Crippen MR) is 214 cm³/mol. The zero-order valence-corrected chi connectivity index (χ0v) is 31.2. The van der Waals surface area contributed by atoms with Gasteiger partial charge in [-0.2, -0.15) is 0 Å². The Bertz CT molecular complexity index is 2070. The van der Waals surface area contributed by atoms with Crippen molar-refractivity contribution in [2.45, 2.75) is 68.6 Å². The monoisotopic (exact) mass is 759 g/mol. The summed E-state index contributed by atoms with van der Waals surface area (Å²) < 4.78 is 13.0. The van der Waals surface area contributed by atoms with Gasteiger partial charge in [0.05, 0.1) is 35.8 Å². The summed E-state index contributed by atoms with van der Waals surface area (Å²) in [4.78, 5) is 37.3. The van der Waals surface area contributed by atoms with Crippen LogP contribution in [0.5, 0.6) is 0 Å². The standard InChI is InChI=1S/C44H45N3O7S/c45-37-11-2-3-12-38(37)47-42(50)15-6-5-14-41(49)46-26-30-8-7-9-34(24-30)31-20-22-33(23-21-31)44-53-35(28-55-40-13-4-1-10-36(40)43(51)52)25-39(54-44)32-18-16-29(27-48)17-19-32/h1-4,7-13,16-24,35,39,44,48H,5-6,14-15,25-28,45H2,(H,46,49)(H,47,50)(H,51,52)/t35-,39+,44+/m0/s1. The molecular weight excluding hydrogens is 715 g/mol. The Morgan fingerprint density at radius 2 is 1.45 bits per heavy atom. The number of nitrogens with two attached hydrogens (primary N) is 1. The van der Waals surface area contributed by atoms with Gasteiger partial charge in [-0.1, -0.05) is 91.0 Å². The van der Waals surface area contributed by atoms with E-state index in [0.29, 0.717) is 60.7 Å². The number of rotatable bonds is 16. The summed E-state index contributed by atoms with van der Waals surface area (Å²) in [7, 11) is 0. The molecule has 0 bridgehead atoms. The van der Waals surface area contributed by atoms with Crippen molar-refractivity contribution in [3.8, 4) is 11.1 Å². The number of nitrogen functional groups attached to an aromatic ring is 1. The molecule has 5 aromatic rings. The predicted octanol–water partition coefficient (Wildman–Crippen LogP) is 8.28. The molecule has 2 amide bonds. The molecule has 0 aromatic heterocycles. The number of aliphatic hydroxyl groups excluding tert-OH is 1. The van der Waals surface area contributed by atoms with E-state index in [1.54, 1.807) is 24.3 Å². The van der Waals surface area contributed by atoms with Crippen LogP contribution < -0.4 is 16.4 Å². The van der Waals surface area contributed by atoms with Crippen molar-refractivity contribution in [2.24, 2.45) is 0 Å². The van der Waals surface area contributed by atoms with E-state index >= 15 is 0 Å². The highest BCUT2D eigenvalue weighted by atomic mass is 32.2. The first-order valence-corrected chi connectivity index (χ1v) is 19.3. The molecule has 10 nitrogen and oxygen atoms in total. The molecule has 1 heterocycles. The highest BCUT2D eigenvalue weighted by Crippen LogP contribution is 2.40. The lowest BCUT2D eigenvalue weighted by Gasteiger charge is -2.36. The molecule has 0 unspecified atom stereocenters. The first-order chi connectivity index (χ1) is 26.7. The van der Waals surface area contributed by atoms with Gasteiger partial charge in [0.1, 0.15) is 0 Å². The van der Waals surface area contributed by atoms with E-state index in [1.807, 2.05) is 91.0 Å². The third-order valence-corrected chi connectivity index (χ3v) is 10.6. The summed E-state index contributed by atoms with van der Waals surface area (Å²) in [6.07, 6.45) is 1.27. The van der Waals surface area contributed by atoms with Gasteiger partial charge in [0, 0.05) is 42.0 Å². The summed E-state index contributed by atoms with van der Waals surface area (Å²) >= 11 is 1.46. The van der Waals surface area contributed by atoms with Crippen molar-refractivity contribution in [1.29, 1.82) is 0 Å². The van der Waals surface area contributed by atoms with Gasteiger partial charge in [0.15, 0.2) is 6.29 Å². The third-order valence-electron chi connectivity index (χ3n) is 9.38. The van der Waals surface area contributed by atoms with Gasteiger partial charge < -0.3 is 36.1 Å².